The fourth-order valence-corrected chi connectivity index (χ4v) is 4.44. The molecule has 2 aromatic heterocycles. The summed E-state index contributed by atoms with van der Waals surface area (Å²) in [4.78, 5) is 6.80. The quantitative estimate of drug-likeness (QED) is 0.570. The van der Waals surface area contributed by atoms with Crippen molar-refractivity contribution >= 4 is 16.0 Å². The molecule has 1 N–H and O–H groups in total. The lowest BCUT2D eigenvalue weighted by molar-refractivity contribution is 0.259. The van der Waals surface area contributed by atoms with Crippen LogP contribution in [0, 0.1) is 0 Å². The van der Waals surface area contributed by atoms with Gasteiger partial charge in [0.1, 0.15) is 12.0 Å². The Balaban J connectivity index is 1.60. The van der Waals surface area contributed by atoms with Crippen molar-refractivity contribution in [2.45, 2.75) is 19.2 Å². The van der Waals surface area contributed by atoms with E-state index in [4.69, 9.17) is 9.52 Å². The molecule has 2 aromatic rings. The predicted molar refractivity (Wildman–Crippen MR) is 103 cm³/mol. The number of aliphatic imine (C=N–C) groups is 1. The van der Waals surface area contributed by atoms with Gasteiger partial charge < -0.3 is 19.3 Å². The van der Waals surface area contributed by atoms with Crippen molar-refractivity contribution in [1.29, 1.82) is 0 Å². The van der Waals surface area contributed by atoms with Crippen molar-refractivity contribution in [3.8, 4) is 0 Å². The van der Waals surface area contributed by atoms with Crippen LogP contribution in [0.4, 0.5) is 0 Å². The molecule has 27 heavy (non-hydrogen) atoms. The summed E-state index contributed by atoms with van der Waals surface area (Å²) >= 11 is 0. The van der Waals surface area contributed by atoms with E-state index in [1.807, 2.05) is 37.0 Å². The topological polar surface area (TPSA) is 96.0 Å². The first-order chi connectivity index (χ1) is 13.0. The number of sulfonamides is 1. The van der Waals surface area contributed by atoms with Crippen LogP contribution in [0.2, 0.25) is 0 Å². The van der Waals surface area contributed by atoms with Gasteiger partial charge in [0.2, 0.25) is 10.0 Å². The molecule has 3 heterocycles. The summed E-state index contributed by atoms with van der Waals surface area (Å²) in [5.74, 6) is 0.681. The van der Waals surface area contributed by atoms with Crippen molar-refractivity contribution in [3.63, 3.8) is 0 Å². The molecule has 10 heteroatoms. The van der Waals surface area contributed by atoms with Gasteiger partial charge in [0.25, 0.3) is 0 Å². The Labute approximate surface area is 159 Å². The van der Waals surface area contributed by atoms with E-state index >= 15 is 0 Å². The second-order valence-corrected chi connectivity index (χ2v) is 8.46. The molecule has 148 valence electrons. The molecule has 3 rings (SSSR count). The van der Waals surface area contributed by atoms with Crippen molar-refractivity contribution in [3.05, 3.63) is 42.0 Å². The molecular formula is C17H26N6O3S. The monoisotopic (exact) mass is 394 g/mol. The Morgan fingerprint density at radius 2 is 2.07 bits per heavy atom. The van der Waals surface area contributed by atoms with Crippen LogP contribution >= 0.6 is 0 Å². The van der Waals surface area contributed by atoms with E-state index in [0.29, 0.717) is 38.4 Å². The summed E-state index contributed by atoms with van der Waals surface area (Å²) in [7, 11) is -1.42. The van der Waals surface area contributed by atoms with Crippen LogP contribution in [-0.4, -0.2) is 66.0 Å². The van der Waals surface area contributed by atoms with Crippen LogP contribution in [0.3, 0.4) is 0 Å². The number of nitrogens with one attached hydrogen (secondary N) is 1. The van der Waals surface area contributed by atoms with Gasteiger partial charge in [-0.2, -0.15) is 4.31 Å². The van der Waals surface area contributed by atoms with Crippen LogP contribution in [0.1, 0.15) is 18.2 Å². The van der Waals surface area contributed by atoms with Crippen molar-refractivity contribution in [2.24, 2.45) is 12.0 Å². The van der Waals surface area contributed by atoms with Gasteiger partial charge in [0, 0.05) is 58.2 Å². The van der Waals surface area contributed by atoms with Crippen molar-refractivity contribution in [1.82, 2.24) is 24.2 Å². The molecule has 1 aliphatic heterocycles. The summed E-state index contributed by atoms with van der Waals surface area (Å²) in [5, 5.41) is 6.99. The number of hydrogen-bond acceptors (Lipinski definition) is 5. The zero-order chi connectivity index (χ0) is 19.3. The molecule has 0 spiro atoms. The Bertz CT molecular complexity index is 851. The standard InChI is InChI=1S/C17H26N6O3S/c1-3-18-17(19-12-15-4-6-21(2)13-15)22-7-9-23(10-8-22)27(24,25)14-16-5-11-26-20-16/h4-6,11,13H,3,7-10,12,14H2,1-2H3,(H,18,19). The van der Waals surface area contributed by atoms with E-state index < -0.39 is 10.0 Å². The second kappa shape index (κ2) is 8.57. The van der Waals surface area contributed by atoms with Crippen LogP contribution in [0.25, 0.3) is 0 Å². The minimum Gasteiger partial charge on any atom is -0.364 e. The third kappa shape index (κ3) is 5.10. The zero-order valence-electron chi connectivity index (χ0n) is 15.7. The van der Waals surface area contributed by atoms with Gasteiger partial charge in [0.05, 0.1) is 12.2 Å². The van der Waals surface area contributed by atoms with Crippen LogP contribution in [0.15, 0.2) is 40.3 Å². The average Bonchev–Trinajstić information content (AvgIpc) is 3.30. The Kier molecular flexibility index (Phi) is 6.17. The molecule has 0 aliphatic carbocycles. The first kappa shape index (κ1) is 19.4. The van der Waals surface area contributed by atoms with E-state index in [2.05, 4.69) is 15.4 Å². The number of aromatic nitrogens is 2. The summed E-state index contributed by atoms with van der Waals surface area (Å²) in [5.41, 5.74) is 1.57. The second-order valence-electron chi connectivity index (χ2n) is 6.49. The molecule has 1 aliphatic rings. The van der Waals surface area contributed by atoms with E-state index in [1.165, 1.54) is 10.6 Å². The number of hydrogen-bond donors (Lipinski definition) is 1. The lowest BCUT2D eigenvalue weighted by atomic mass is 10.3. The van der Waals surface area contributed by atoms with E-state index in [-0.39, 0.29) is 5.75 Å². The molecule has 0 unspecified atom stereocenters. The van der Waals surface area contributed by atoms with Gasteiger partial charge in [0.15, 0.2) is 5.96 Å². The van der Waals surface area contributed by atoms with Gasteiger partial charge in [-0.15, -0.1) is 0 Å². The minimum absolute atomic E-state index is 0.133. The van der Waals surface area contributed by atoms with Crippen LogP contribution in [0.5, 0.6) is 0 Å². The highest BCUT2D eigenvalue weighted by Gasteiger charge is 2.28. The summed E-state index contributed by atoms with van der Waals surface area (Å²) < 4.78 is 33.3. The molecule has 9 nitrogen and oxygen atoms in total. The molecule has 0 aromatic carbocycles. The van der Waals surface area contributed by atoms with Gasteiger partial charge in [-0.3, -0.25) is 0 Å². The third-order valence-corrected chi connectivity index (χ3v) is 6.21. The summed E-state index contributed by atoms with van der Waals surface area (Å²) in [6, 6.07) is 3.62. The normalized spacial score (nSPS) is 16.7. The van der Waals surface area contributed by atoms with E-state index in [0.717, 1.165) is 18.1 Å². The van der Waals surface area contributed by atoms with E-state index in [1.54, 1.807) is 6.07 Å². The smallest absolute Gasteiger partial charge is 0.220 e. The summed E-state index contributed by atoms with van der Waals surface area (Å²) in [6.07, 6.45) is 5.42. The first-order valence-electron chi connectivity index (χ1n) is 8.99. The number of rotatable bonds is 6. The zero-order valence-corrected chi connectivity index (χ0v) is 16.5. The van der Waals surface area contributed by atoms with Gasteiger partial charge in [-0.1, -0.05) is 5.16 Å². The Hall–Kier alpha value is -2.33. The number of guanidine groups is 1. The minimum atomic E-state index is -3.40. The van der Waals surface area contributed by atoms with Crippen molar-refractivity contribution < 1.29 is 12.9 Å². The first-order valence-corrected chi connectivity index (χ1v) is 10.6. The lowest BCUT2D eigenvalue weighted by Gasteiger charge is -2.35. The maximum Gasteiger partial charge on any atom is 0.220 e. The maximum absolute atomic E-state index is 12.5. The highest BCUT2D eigenvalue weighted by molar-refractivity contribution is 7.88. The summed E-state index contributed by atoms with van der Waals surface area (Å²) in [6.45, 7) is 5.42. The Morgan fingerprint density at radius 1 is 1.30 bits per heavy atom. The average molecular weight is 395 g/mol. The van der Waals surface area contributed by atoms with Crippen LogP contribution in [-0.2, 0) is 29.4 Å². The van der Waals surface area contributed by atoms with Crippen LogP contribution < -0.4 is 5.32 Å². The molecule has 1 saturated heterocycles. The number of piperazine rings is 1. The lowest BCUT2D eigenvalue weighted by Crippen LogP contribution is -2.53. The van der Waals surface area contributed by atoms with Gasteiger partial charge >= 0.3 is 0 Å². The highest BCUT2D eigenvalue weighted by Crippen LogP contribution is 2.13. The fraction of sp³-hybridized carbons (Fsp3) is 0.529. The molecule has 0 atom stereocenters. The highest BCUT2D eigenvalue weighted by atomic mass is 32.2. The third-order valence-electron chi connectivity index (χ3n) is 4.39. The largest absolute Gasteiger partial charge is 0.364 e. The molecule has 0 saturated carbocycles. The van der Waals surface area contributed by atoms with E-state index in [9.17, 15) is 8.42 Å². The maximum atomic E-state index is 12.5. The number of aryl methyl sites for hydroxylation is 1. The van der Waals surface area contributed by atoms with Gasteiger partial charge in [-0.25, -0.2) is 13.4 Å². The fourth-order valence-electron chi connectivity index (χ4n) is 3.01. The molecule has 0 bridgehead atoms. The SMILES string of the molecule is CCNC(=NCc1ccn(C)c1)N1CCN(S(=O)(=O)Cc2ccon2)CC1. The predicted octanol–water partition coefficient (Wildman–Crippen LogP) is 0.626. The molecule has 0 amide bonds. The van der Waals surface area contributed by atoms with Gasteiger partial charge in [-0.05, 0) is 18.6 Å². The molecule has 0 radical (unpaired) electrons. The number of nitrogens with zero attached hydrogens (tertiary/aromatic N) is 5. The Morgan fingerprint density at radius 3 is 2.67 bits per heavy atom. The van der Waals surface area contributed by atoms with Crippen molar-refractivity contribution in [2.75, 3.05) is 32.7 Å². The molecular weight excluding hydrogens is 368 g/mol. The molecule has 1 fully saturated rings.